The number of rotatable bonds is 4. The number of carbonyl (C=O) groups excluding carboxylic acids is 1. The molecule has 3 rings (SSSR count). The second-order valence-corrected chi connectivity index (χ2v) is 6.75. The molecule has 1 N–H and O–H groups in total. The zero-order valence-corrected chi connectivity index (χ0v) is 13.5. The number of likely N-dealkylation sites (tertiary alicyclic amines) is 1. The standard InChI is InChI=1S/C17H27N3O2/c1-13-11-15(19-22-13)12-18-17(21)14-7-9-20(10-8-14)16-5-3-2-4-6-16/h11,14,16H,2-10,12H2,1H3,(H,18,21). The molecular formula is C17H27N3O2. The molecule has 1 aliphatic carbocycles. The van der Waals surface area contributed by atoms with E-state index >= 15 is 0 Å². The lowest BCUT2D eigenvalue weighted by Gasteiger charge is -2.38. The van der Waals surface area contributed by atoms with Gasteiger partial charge in [-0.2, -0.15) is 0 Å². The Kier molecular flexibility index (Phi) is 5.13. The summed E-state index contributed by atoms with van der Waals surface area (Å²) in [7, 11) is 0. The third-order valence-electron chi connectivity index (χ3n) is 5.11. The van der Waals surface area contributed by atoms with Crippen molar-refractivity contribution in [2.24, 2.45) is 5.92 Å². The highest BCUT2D eigenvalue weighted by Gasteiger charge is 2.29. The topological polar surface area (TPSA) is 58.4 Å². The highest BCUT2D eigenvalue weighted by Crippen LogP contribution is 2.27. The number of piperidine rings is 1. The van der Waals surface area contributed by atoms with Crippen LogP contribution in [0.15, 0.2) is 10.6 Å². The van der Waals surface area contributed by atoms with Crippen LogP contribution in [0, 0.1) is 12.8 Å². The quantitative estimate of drug-likeness (QED) is 0.929. The summed E-state index contributed by atoms with van der Waals surface area (Å²) in [4.78, 5) is 14.9. The molecule has 2 heterocycles. The van der Waals surface area contributed by atoms with Crippen LogP contribution >= 0.6 is 0 Å². The van der Waals surface area contributed by atoms with Crippen LogP contribution in [0.4, 0.5) is 0 Å². The van der Waals surface area contributed by atoms with Gasteiger partial charge in [0.25, 0.3) is 0 Å². The monoisotopic (exact) mass is 305 g/mol. The van der Waals surface area contributed by atoms with Crippen molar-refractivity contribution in [3.05, 3.63) is 17.5 Å². The van der Waals surface area contributed by atoms with E-state index in [-0.39, 0.29) is 11.8 Å². The summed E-state index contributed by atoms with van der Waals surface area (Å²) in [6, 6.07) is 2.64. The Morgan fingerprint density at radius 2 is 2.00 bits per heavy atom. The van der Waals surface area contributed by atoms with Gasteiger partial charge in [-0.05, 0) is 45.7 Å². The first kappa shape index (κ1) is 15.5. The van der Waals surface area contributed by atoms with Crippen LogP contribution in [0.2, 0.25) is 0 Å². The van der Waals surface area contributed by atoms with Crippen LogP contribution in [-0.4, -0.2) is 35.1 Å². The Morgan fingerprint density at radius 3 is 2.64 bits per heavy atom. The minimum absolute atomic E-state index is 0.160. The van der Waals surface area contributed by atoms with Crippen molar-refractivity contribution in [1.82, 2.24) is 15.4 Å². The maximum atomic E-state index is 12.3. The van der Waals surface area contributed by atoms with Crippen LogP contribution in [0.5, 0.6) is 0 Å². The summed E-state index contributed by atoms with van der Waals surface area (Å²) >= 11 is 0. The predicted molar refractivity (Wildman–Crippen MR) is 84.3 cm³/mol. The fourth-order valence-electron chi connectivity index (χ4n) is 3.80. The van der Waals surface area contributed by atoms with Gasteiger partial charge >= 0.3 is 0 Å². The van der Waals surface area contributed by atoms with E-state index in [1.54, 1.807) is 0 Å². The Morgan fingerprint density at radius 1 is 1.27 bits per heavy atom. The van der Waals surface area contributed by atoms with E-state index in [0.29, 0.717) is 6.54 Å². The summed E-state index contributed by atoms with van der Waals surface area (Å²) < 4.78 is 5.02. The summed E-state index contributed by atoms with van der Waals surface area (Å²) in [6.45, 7) is 4.48. The van der Waals surface area contributed by atoms with Gasteiger partial charge in [0.1, 0.15) is 11.5 Å². The Labute approximate surface area is 132 Å². The van der Waals surface area contributed by atoms with Gasteiger partial charge in [0.15, 0.2) is 0 Å². The van der Waals surface area contributed by atoms with Crippen molar-refractivity contribution in [3.63, 3.8) is 0 Å². The molecule has 2 aliphatic rings. The van der Waals surface area contributed by atoms with Gasteiger partial charge in [-0.25, -0.2) is 0 Å². The van der Waals surface area contributed by atoms with Crippen molar-refractivity contribution >= 4 is 5.91 Å². The van der Waals surface area contributed by atoms with Gasteiger partial charge in [-0.15, -0.1) is 0 Å². The normalized spacial score (nSPS) is 21.9. The lowest BCUT2D eigenvalue weighted by molar-refractivity contribution is -0.126. The zero-order valence-electron chi connectivity index (χ0n) is 13.5. The molecule has 2 fully saturated rings. The second-order valence-electron chi connectivity index (χ2n) is 6.75. The first-order valence-corrected chi connectivity index (χ1v) is 8.66. The summed E-state index contributed by atoms with van der Waals surface area (Å²) in [5, 5.41) is 6.90. The van der Waals surface area contributed by atoms with Gasteiger partial charge in [0, 0.05) is 18.0 Å². The Balaban J connectivity index is 1.41. The maximum Gasteiger partial charge on any atom is 0.223 e. The van der Waals surface area contributed by atoms with E-state index in [4.69, 9.17) is 4.52 Å². The predicted octanol–water partition coefficient (Wildman–Crippen LogP) is 2.64. The fraction of sp³-hybridized carbons (Fsp3) is 0.765. The van der Waals surface area contributed by atoms with E-state index in [9.17, 15) is 4.79 Å². The minimum atomic E-state index is 0.160. The van der Waals surface area contributed by atoms with Crippen molar-refractivity contribution in [3.8, 4) is 0 Å². The van der Waals surface area contributed by atoms with Crippen molar-refractivity contribution < 1.29 is 9.32 Å². The van der Waals surface area contributed by atoms with E-state index in [1.165, 1.54) is 32.1 Å². The third kappa shape index (κ3) is 3.88. The molecule has 0 spiro atoms. The maximum absolute atomic E-state index is 12.3. The number of hydrogen-bond donors (Lipinski definition) is 1. The van der Waals surface area contributed by atoms with Crippen LogP contribution in [-0.2, 0) is 11.3 Å². The average molecular weight is 305 g/mol. The van der Waals surface area contributed by atoms with Gasteiger partial charge in [0.05, 0.1) is 6.54 Å². The van der Waals surface area contributed by atoms with Gasteiger partial charge in [-0.1, -0.05) is 24.4 Å². The lowest BCUT2D eigenvalue weighted by atomic mass is 9.90. The summed E-state index contributed by atoms with van der Waals surface area (Å²) in [5.74, 6) is 1.11. The first-order chi connectivity index (χ1) is 10.7. The molecule has 1 amide bonds. The summed E-state index contributed by atoms with van der Waals surface area (Å²) in [6.07, 6.45) is 8.83. The van der Waals surface area contributed by atoms with E-state index in [1.807, 2.05) is 13.0 Å². The molecular weight excluding hydrogens is 278 g/mol. The van der Waals surface area contributed by atoms with Crippen LogP contribution < -0.4 is 5.32 Å². The molecule has 1 saturated carbocycles. The number of carbonyl (C=O) groups is 1. The molecule has 0 radical (unpaired) electrons. The van der Waals surface area contributed by atoms with Gasteiger partial charge in [-0.3, -0.25) is 4.79 Å². The van der Waals surface area contributed by atoms with Crippen LogP contribution in [0.3, 0.4) is 0 Å². The molecule has 0 aromatic carbocycles. The minimum Gasteiger partial charge on any atom is -0.361 e. The highest BCUT2D eigenvalue weighted by molar-refractivity contribution is 5.78. The molecule has 22 heavy (non-hydrogen) atoms. The highest BCUT2D eigenvalue weighted by atomic mass is 16.5. The number of nitrogens with zero attached hydrogens (tertiary/aromatic N) is 2. The van der Waals surface area contributed by atoms with E-state index < -0.39 is 0 Å². The number of amides is 1. The summed E-state index contributed by atoms with van der Waals surface area (Å²) in [5.41, 5.74) is 0.797. The first-order valence-electron chi connectivity index (χ1n) is 8.66. The van der Waals surface area contributed by atoms with E-state index in [2.05, 4.69) is 15.4 Å². The van der Waals surface area contributed by atoms with Gasteiger partial charge in [0.2, 0.25) is 5.91 Å². The van der Waals surface area contributed by atoms with Gasteiger partial charge < -0.3 is 14.7 Å². The number of nitrogens with one attached hydrogen (secondary N) is 1. The van der Waals surface area contributed by atoms with E-state index in [0.717, 1.165) is 43.4 Å². The molecule has 1 aromatic rings. The number of aromatic nitrogens is 1. The molecule has 0 unspecified atom stereocenters. The van der Waals surface area contributed by atoms with Crippen molar-refractivity contribution in [2.45, 2.75) is 64.5 Å². The fourth-order valence-corrected chi connectivity index (χ4v) is 3.80. The number of aryl methyl sites for hydroxylation is 1. The molecule has 0 atom stereocenters. The molecule has 5 nitrogen and oxygen atoms in total. The average Bonchev–Trinajstić information content (AvgIpc) is 2.99. The molecule has 1 aliphatic heterocycles. The van der Waals surface area contributed by atoms with Crippen LogP contribution in [0.25, 0.3) is 0 Å². The Bertz CT molecular complexity index is 486. The van der Waals surface area contributed by atoms with Crippen molar-refractivity contribution in [1.29, 1.82) is 0 Å². The zero-order chi connectivity index (χ0) is 15.4. The number of hydrogen-bond acceptors (Lipinski definition) is 4. The molecule has 5 heteroatoms. The Hall–Kier alpha value is -1.36. The third-order valence-corrected chi connectivity index (χ3v) is 5.11. The van der Waals surface area contributed by atoms with Crippen LogP contribution in [0.1, 0.15) is 56.4 Å². The lowest BCUT2D eigenvalue weighted by Crippen LogP contribution is -2.45. The SMILES string of the molecule is Cc1cc(CNC(=O)C2CCN(C3CCCCC3)CC2)no1. The molecule has 1 aromatic heterocycles. The smallest absolute Gasteiger partial charge is 0.223 e. The molecule has 0 bridgehead atoms. The second kappa shape index (κ2) is 7.27. The molecule has 122 valence electrons. The molecule has 1 saturated heterocycles. The van der Waals surface area contributed by atoms with Crippen molar-refractivity contribution in [2.75, 3.05) is 13.1 Å². The largest absolute Gasteiger partial charge is 0.361 e.